The molecule has 0 aromatic heterocycles. The van der Waals surface area contributed by atoms with Gasteiger partial charge in [0.1, 0.15) is 0 Å². The second kappa shape index (κ2) is 4.75. The first-order chi connectivity index (χ1) is 8.08. The molecule has 1 aliphatic rings. The smallest absolute Gasteiger partial charge is 0.335 e. The molecule has 0 saturated carbocycles. The van der Waals surface area contributed by atoms with E-state index in [1.165, 1.54) is 0 Å². The lowest BCUT2D eigenvalue weighted by atomic mass is 10.1. The van der Waals surface area contributed by atoms with E-state index in [0.29, 0.717) is 11.6 Å². The van der Waals surface area contributed by atoms with Crippen molar-refractivity contribution in [2.75, 3.05) is 31.6 Å². The van der Waals surface area contributed by atoms with Gasteiger partial charge in [-0.1, -0.05) is 0 Å². The van der Waals surface area contributed by atoms with Crippen LogP contribution >= 0.6 is 0 Å². The van der Waals surface area contributed by atoms with Gasteiger partial charge in [0, 0.05) is 31.4 Å². The summed E-state index contributed by atoms with van der Waals surface area (Å²) in [5.41, 5.74) is 1.45. The number of benzene rings is 1. The van der Waals surface area contributed by atoms with Crippen LogP contribution in [0, 0.1) is 0 Å². The molecule has 17 heavy (non-hydrogen) atoms. The van der Waals surface area contributed by atoms with Crippen LogP contribution in [0.1, 0.15) is 17.3 Å². The van der Waals surface area contributed by atoms with Gasteiger partial charge in [-0.25, -0.2) is 4.79 Å². The average molecular weight is 234 g/mol. The second-order valence-electron chi connectivity index (χ2n) is 4.63. The molecule has 92 valence electrons. The number of carboxylic acid groups (broad SMARTS) is 1. The molecule has 1 atom stereocenters. The number of rotatable bonds is 2. The van der Waals surface area contributed by atoms with Crippen molar-refractivity contribution in [1.29, 1.82) is 0 Å². The molecule has 1 N–H and O–H groups in total. The van der Waals surface area contributed by atoms with Crippen LogP contribution in [-0.4, -0.2) is 48.7 Å². The molecule has 1 heterocycles. The largest absolute Gasteiger partial charge is 0.478 e. The van der Waals surface area contributed by atoms with E-state index < -0.39 is 5.97 Å². The third-order valence-corrected chi connectivity index (χ3v) is 3.44. The Morgan fingerprint density at radius 2 is 1.94 bits per heavy atom. The van der Waals surface area contributed by atoms with Gasteiger partial charge < -0.3 is 14.9 Å². The molecule has 2 rings (SSSR count). The summed E-state index contributed by atoms with van der Waals surface area (Å²) in [6, 6.07) is 7.65. The first-order valence-electron chi connectivity index (χ1n) is 5.86. The third kappa shape index (κ3) is 2.58. The molecule has 0 amide bonds. The highest BCUT2D eigenvalue weighted by Crippen LogP contribution is 2.19. The molecule has 1 aromatic carbocycles. The molecule has 1 unspecified atom stereocenters. The van der Waals surface area contributed by atoms with Crippen molar-refractivity contribution >= 4 is 11.7 Å². The van der Waals surface area contributed by atoms with Crippen molar-refractivity contribution in [3.8, 4) is 0 Å². The van der Waals surface area contributed by atoms with Crippen LogP contribution in [0.5, 0.6) is 0 Å². The number of hydrogen-bond acceptors (Lipinski definition) is 3. The van der Waals surface area contributed by atoms with Crippen LogP contribution < -0.4 is 4.90 Å². The molecular weight excluding hydrogens is 216 g/mol. The van der Waals surface area contributed by atoms with Crippen molar-refractivity contribution in [2.24, 2.45) is 0 Å². The standard InChI is InChI=1S/C13H18N2O2/c1-10-9-15(8-7-14(10)2)12-5-3-11(4-6-12)13(16)17/h3-6,10H,7-9H2,1-2H3,(H,16,17). The summed E-state index contributed by atoms with van der Waals surface area (Å²) in [4.78, 5) is 15.4. The summed E-state index contributed by atoms with van der Waals surface area (Å²) in [5.74, 6) is -0.872. The number of carbonyl (C=O) groups is 1. The summed E-state index contributed by atoms with van der Waals surface area (Å²) < 4.78 is 0. The maximum atomic E-state index is 10.8. The van der Waals surface area contributed by atoms with E-state index in [4.69, 9.17) is 5.11 Å². The number of anilines is 1. The maximum Gasteiger partial charge on any atom is 0.335 e. The van der Waals surface area contributed by atoms with E-state index in [1.807, 2.05) is 12.1 Å². The molecule has 0 bridgehead atoms. The molecule has 1 fully saturated rings. The molecule has 0 aliphatic carbocycles. The van der Waals surface area contributed by atoms with Crippen molar-refractivity contribution in [3.05, 3.63) is 29.8 Å². The summed E-state index contributed by atoms with van der Waals surface area (Å²) in [7, 11) is 2.13. The fourth-order valence-corrected chi connectivity index (χ4v) is 2.10. The van der Waals surface area contributed by atoms with Crippen molar-refractivity contribution in [1.82, 2.24) is 4.90 Å². The highest BCUT2D eigenvalue weighted by atomic mass is 16.4. The van der Waals surface area contributed by atoms with Crippen LogP contribution in [0.4, 0.5) is 5.69 Å². The first-order valence-corrected chi connectivity index (χ1v) is 5.86. The average Bonchev–Trinajstić information content (AvgIpc) is 2.33. The Hall–Kier alpha value is -1.55. The zero-order chi connectivity index (χ0) is 12.4. The lowest BCUT2D eigenvalue weighted by Crippen LogP contribution is -2.50. The summed E-state index contributed by atoms with van der Waals surface area (Å²) >= 11 is 0. The van der Waals surface area contributed by atoms with E-state index in [9.17, 15) is 4.79 Å². The Bertz CT molecular complexity index is 402. The number of aromatic carboxylic acids is 1. The number of piperazine rings is 1. The van der Waals surface area contributed by atoms with Crippen LogP contribution in [0.15, 0.2) is 24.3 Å². The Labute approximate surface area is 101 Å². The maximum absolute atomic E-state index is 10.8. The summed E-state index contributed by atoms with van der Waals surface area (Å²) in [6.45, 7) is 5.23. The fraction of sp³-hybridized carbons (Fsp3) is 0.462. The highest BCUT2D eigenvalue weighted by molar-refractivity contribution is 5.88. The minimum Gasteiger partial charge on any atom is -0.478 e. The lowest BCUT2D eigenvalue weighted by Gasteiger charge is -2.39. The van der Waals surface area contributed by atoms with Crippen LogP contribution in [0.25, 0.3) is 0 Å². The van der Waals surface area contributed by atoms with Crippen LogP contribution in [0.2, 0.25) is 0 Å². The Morgan fingerprint density at radius 3 is 2.47 bits per heavy atom. The van der Waals surface area contributed by atoms with Crippen LogP contribution in [-0.2, 0) is 0 Å². The van der Waals surface area contributed by atoms with E-state index in [2.05, 4.69) is 23.8 Å². The van der Waals surface area contributed by atoms with Gasteiger partial charge in [-0.2, -0.15) is 0 Å². The zero-order valence-electron chi connectivity index (χ0n) is 10.3. The minimum absolute atomic E-state index is 0.343. The first kappa shape index (κ1) is 11.9. The zero-order valence-corrected chi connectivity index (χ0v) is 10.3. The van der Waals surface area contributed by atoms with E-state index in [0.717, 1.165) is 25.3 Å². The van der Waals surface area contributed by atoms with Gasteiger partial charge in [-0.05, 0) is 38.2 Å². The van der Waals surface area contributed by atoms with Gasteiger partial charge in [0.25, 0.3) is 0 Å². The number of hydrogen-bond donors (Lipinski definition) is 1. The van der Waals surface area contributed by atoms with Gasteiger partial charge in [0.05, 0.1) is 5.56 Å². The van der Waals surface area contributed by atoms with Crippen molar-refractivity contribution in [3.63, 3.8) is 0 Å². The third-order valence-electron chi connectivity index (χ3n) is 3.44. The van der Waals surface area contributed by atoms with Gasteiger partial charge in [0.2, 0.25) is 0 Å². The number of likely N-dealkylation sites (N-methyl/N-ethyl adjacent to an activating group) is 1. The van der Waals surface area contributed by atoms with Gasteiger partial charge in [0.15, 0.2) is 0 Å². The Morgan fingerprint density at radius 1 is 1.29 bits per heavy atom. The van der Waals surface area contributed by atoms with E-state index >= 15 is 0 Å². The number of nitrogens with zero attached hydrogens (tertiary/aromatic N) is 2. The topological polar surface area (TPSA) is 43.8 Å². The quantitative estimate of drug-likeness (QED) is 0.842. The van der Waals surface area contributed by atoms with Gasteiger partial charge in [-0.3, -0.25) is 0 Å². The second-order valence-corrected chi connectivity index (χ2v) is 4.63. The molecular formula is C13H18N2O2. The van der Waals surface area contributed by atoms with Crippen LogP contribution in [0.3, 0.4) is 0 Å². The SMILES string of the molecule is CC1CN(c2ccc(C(=O)O)cc2)CCN1C. The van der Waals surface area contributed by atoms with Crippen molar-refractivity contribution in [2.45, 2.75) is 13.0 Å². The van der Waals surface area contributed by atoms with Gasteiger partial charge in [-0.15, -0.1) is 0 Å². The summed E-state index contributed by atoms with van der Waals surface area (Å²) in [6.07, 6.45) is 0. The monoisotopic (exact) mass is 234 g/mol. The lowest BCUT2D eigenvalue weighted by molar-refractivity contribution is 0.0697. The summed E-state index contributed by atoms with van der Waals surface area (Å²) in [5, 5.41) is 8.84. The highest BCUT2D eigenvalue weighted by Gasteiger charge is 2.20. The minimum atomic E-state index is -0.872. The number of carboxylic acids is 1. The molecule has 4 heteroatoms. The molecule has 0 spiro atoms. The predicted molar refractivity (Wildman–Crippen MR) is 67.7 cm³/mol. The predicted octanol–water partition coefficient (Wildman–Crippen LogP) is 1.53. The van der Waals surface area contributed by atoms with E-state index in [-0.39, 0.29) is 0 Å². The molecule has 1 saturated heterocycles. The molecule has 0 radical (unpaired) electrons. The molecule has 1 aromatic rings. The normalized spacial score (nSPS) is 21.5. The fourth-order valence-electron chi connectivity index (χ4n) is 2.10. The Kier molecular flexibility index (Phi) is 3.33. The van der Waals surface area contributed by atoms with Crippen molar-refractivity contribution < 1.29 is 9.90 Å². The Balaban J connectivity index is 2.10. The van der Waals surface area contributed by atoms with Gasteiger partial charge >= 0.3 is 5.97 Å². The van der Waals surface area contributed by atoms with E-state index in [1.54, 1.807) is 12.1 Å². The molecule has 1 aliphatic heterocycles. The molecule has 4 nitrogen and oxygen atoms in total.